The summed E-state index contributed by atoms with van der Waals surface area (Å²) in [7, 11) is 0. The van der Waals surface area contributed by atoms with E-state index < -0.39 is 12.2 Å². The van der Waals surface area contributed by atoms with E-state index in [-0.39, 0.29) is 24.9 Å². The molecular formula is C22H22N4O5. The number of furan rings is 1. The highest BCUT2D eigenvalue weighted by molar-refractivity contribution is 5.84. The minimum atomic E-state index is -0.535. The summed E-state index contributed by atoms with van der Waals surface area (Å²) in [5.41, 5.74) is 2.47. The van der Waals surface area contributed by atoms with E-state index in [0.717, 1.165) is 5.56 Å². The van der Waals surface area contributed by atoms with Gasteiger partial charge in [-0.2, -0.15) is 0 Å². The maximum absolute atomic E-state index is 12.3. The van der Waals surface area contributed by atoms with Crippen LogP contribution >= 0.6 is 0 Å². The lowest BCUT2D eigenvalue weighted by Crippen LogP contribution is -2.38. The monoisotopic (exact) mass is 422 g/mol. The molecule has 31 heavy (non-hydrogen) atoms. The second-order valence-electron chi connectivity index (χ2n) is 7.52. The van der Waals surface area contributed by atoms with Gasteiger partial charge in [0.15, 0.2) is 11.9 Å². The first-order valence-corrected chi connectivity index (χ1v) is 10.1. The van der Waals surface area contributed by atoms with E-state index in [9.17, 15) is 4.79 Å². The second kappa shape index (κ2) is 8.37. The lowest BCUT2D eigenvalue weighted by molar-refractivity contribution is 0.00917. The SMILES string of the molecule is Cc1ccc(NC(=O)O[C@@H]2CO[C@H]3[C@@H]2OC[C@@H]3Nc2nccc(-c3ccco3)n2)cc1. The number of aromatic nitrogens is 2. The van der Waals surface area contributed by atoms with Crippen LogP contribution in [0.5, 0.6) is 0 Å². The minimum Gasteiger partial charge on any atom is -0.463 e. The van der Waals surface area contributed by atoms with Gasteiger partial charge in [-0.25, -0.2) is 14.8 Å². The molecule has 0 unspecified atom stereocenters. The third-order valence-corrected chi connectivity index (χ3v) is 5.31. The van der Waals surface area contributed by atoms with Crippen molar-refractivity contribution in [1.82, 2.24) is 9.97 Å². The van der Waals surface area contributed by atoms with Crippen LogP contribution in [-0.2, 0) is 14.2 Å². The van der Waals surface area contributed by atoms with Gasteiger partial charge < -0.3 is 23.9 Å². The van der Waals surface area contributed by atoms with Gasteiger partial charge in [0.25, 0.3) is 0 Å². The lowest BCUT2D eigenvalue weighted by Gasteiger charge is -2.18. The van der Waals surface area contributed by atoms with Crippen molar-refractivity contribution in [2.45, 2.75) is 31.3 Å². The summed E-state index contributed by atoms with van der Waals surface area (Å²) in [6.07, 6.45) is 1.62. The van der Waals surface area contributed by atoms with Crippen LogP contribution in [-0.4, -0.2) is 53.6 Å². The molecule has 9 heteroatoms. The highest BCUT2D eigenvalue weighted by Crippen LogP contribution is 2.30. The van der Waals surface area contributed by atoms with Crippen molar-refractivity contribution in [2.24, 2.45) is 0 Å². The Morgan fingerprint density at radius 3 is 2.74 bits per heavy atom. The molecule has 2 fully saturated rings. The van der Waals surface area contributed by atoms with Crippen molar-refractivity contribution in [3.05, 3.63) is 60.5 Å². The summed E-state index contributed by atoms with van der Waals surface area (Å²) in [6.45, 7) is 2.64. The Labute approximate surface area is 178 Å². The van der Waals surface area contributed by atoms with E-state index in [2.05, 4.69) is 20.6 Å². The highest BCUT2D eigenvalue weighted by Gasteiger charge is 2.49. The number of nitrogens with zero attached hydrogens (tertiary/aromatic N) is 2. The zero-order valence-corrected chi connectivity index (χ0v) is 16.9. The molecule has 0 bridgehead atoms. The van der Waals surface area contributed by atoms with Crippen molar-refractivity contribution >= 4 is 17.7 Å². The molecule has 0 radical (unpaired) electrons. The van der Waals surface area contributed by atoms with E-state index in [1.54, 1.807) is 24.6 Å². The van der Waals surface area contributed by atoms with E-state index in [0.29, 0.717) is 29.7 Å². The molecule has 4 atom stereocenters. The first-order chi connectivity index (χ1) is 15.2. The third kappa shape index (κ3) is 4.23. The Bertz CT molecular complexity index is 1040. The molecule has 0 aliphatic carbocycles. The smallest absolute Gasteiger partial charge is 0.412 e. The molecule has 2 saturated heterocycles. The maximum Gasteiger partial charge on any atom is 0.412 e. The number of benzene rings is 1. The number of hydrogen-bond acceptors (Lipinski definition) is 8. The molecule has 2 aromatic heterocycles. The van der Waals surface area contributed by atoms with Gasteiger partial charge >= 0.3 is 6.09 Å². The summed E-state index contributed by atoms with van der Waals surface area (Å²) in [4.78, 5) is 21.0. The molecule has 2 aliphatic rings. The normalized spacial score (nSPS) is 24.5. The summed E-state index contributed by atoms with van der Waals surface area (Å²) in [5, 5.41) is 5.99. The number of nitrogens with one attached hydrogen (secondary N) is 2. The molecule has 5 rings (SSSR count). The number of carbonyl (C=O) groups excluding carboxylic acids is 1. The number of ether oxygens (including phenoxy) is 3. The molecule has 1 aromatic carbocycles. The van der Waals surface area contributed by atoms with Gasteiger partial charge in [0.2, 0.25) is 5.95 Å². The highest BCUT2D eigenvalue weighted by atomic mass is 16.6. The zero-order chi connectivity index (χ0) is 21.2. The fraction of sp³-hybridized carbons (Fsp3) is 0.318. The average Bonchev–Trinajstić information content (AvgIpc) is 3.51. The Balaban J connectivity index is 1.19. The first kappa shape index (κ1) is 19.5. The number of fused-ring (bicyclic) bond motifs is 1. The van der Waals surface area contributed by atoms with Gasteiger partial charge in [0.05, 0.1) is 25.5 Å². The maximum atomic E-state index is 12.3. The van der Waals surface area contributed by atoms with Gasteiger partial charge in [-0.1, -0.05) is 17.7 Å². The Hall–Kier alpha value is -3.43. The Morgan fingerprint density at radius 1 is 1.10 bits per heavy atom. The molecule has 2 aliphatic heterocycles. The molecule has 0 saturated carbocycles. The molecule has 1 amide bonds. The number of amides is 1. The van der Waals surface area contributed by atoms with Gasteiger partial charge in [0, 0.05) is 11.9 Å². The quantitative estimate of drug-likeness (QED) is 0.645. The zero-order valence-electron chi connectivity index (χ0n) is 16.9. The number of carbonyl (C=O) groups is 1. The van der Waals surface area contributed by atoms with Crippen LogP contribution in [0.1, 0.15) is 5.56 Å². The van der Waals surface area contributed by atoms with Crippen LogP contribution in [0.2, 0.25) is 0 Å². The average molecular weight is 422 g/mol. The first-order valence-electron chi connectivity index (χ1n) is 10.1. The molecule has 9 nitrogen and oxygen atoms in total. The molecule has 4 heterocycles. The molecular weight excluding hydrogens is 400 g/mol. The van der Waals surface area contributed by atoms with Crippen LogP contribution < -0.4 is 10.6 Å². The van der Waals surface area contributed by atoms with Gasteiger partial charge in [-0.05, 0) is 37.3 Å². The van der Waals surface area contributed by atoms with E-state index in [1.807, 2.05) is 37.3 Å². The van der Waals surface area contributed by atoms with E-state index >= 15 is 0 Å². The second-order valence-corrected chi connectivity index (χ2v) is 7.52. The van der Waals surface area contributed by atoms with Crippen LogP contribution in [0.15, 0.2) is 59.3 Å². The van der Waals surface area contributed by atoms with Gasteiger partial charge in [0.1, 0.15) is 17.9 Å². The number of aryl methyl sites for hydroxylation is 1. The van der Waals surface area contributed by atoms with E-state index in [1.165, 1.54) is 0 Å². The third-order valence-electron chi connectivity index (χ3n) is 5.31. The molecule has 160 valence electrons. The predicted octanol–water partition coefficient (Wildman–Crippen LogP) is 3.24. The van der Waals surface area contributed by atoms with Crippen LogP contribution in [0.4, 0.5) is 16.4 Å². The minimum absolute atomic E-state index is 0.161. The summed E-state index contributed by atoms with van der Waals surface area (Å²) >= 11 is 0. The lowest BCUT2D eigenvalue weighted by atomic mass is 10.1. The molecule has 2 N–H and O–H groups in total. The topological polar surface area (TPSA) is 108 Å². The van der Waals surface area contributed by atoms with Crippen molar-refractivity contribution in [3.8, 4) is 11.5 Å². The van der Waals surface area contributed by atoms with Gasteiger partial charge in [-0.15, -0.1) is 0 Å². The van der Waals surface area contributed by atoms with Crippen LogP contribution in [0.3, 0.4) is 0 Å². The largest absolute Gasteiger partial charge is 0.463 e. The standard InChI is InChI=1S/C22H22N4O5/c1-13-4-6-14(7-5-13)24-22(27)31-18-12-30-19-16(11-29-20(18)19)26-21-23-9-8-15(25-21)17-3-2-10-28-17/h2-10,16,18-20H,11-12H2,1H3,(H,24,27)(H,23,25,26)/t16-,18+,19+,20+/m0/s1. The summed E-state index contributed by atoms with van der Waals surface area (Å²) < 4.78 is 22.7. The Morgan fingerprint density at radius 2 is 1.94 bits per heavy atom. The van der Waals surface area contributed by atoms with Crippen LogP contribution in [0.25, 0.3) is 11.5 Å². The fourth-order valence-electron chi connectivity index (χ4n) is 3.77. The summed E-state index contributed by atoms with van der Waals surface area (Å²) in [6, 6.07) is 12.8. The van der Waals surface area contributed by atoms with Crippen molar-refractivity contribution in [1.29, 1.82) is 0 Å². The number of anilines is 2. The van der Waals surface area contributed by atoms with Crippen LogP contribution in [0, 0.1) is 6.92 Å². The van der Waals surface area contributed by atoms with Crippen molar-refractivity contribution in [3.63, 3.8) is 0 Å². The van der Waals surface area contributed by atoms with Crippen molar-refractivity contribution in [2.75, 3.05) is 23.8 Å². The molecule has 0 spiro atoms. The molecule has 3 aromatic rings. The Kier molecular flexibility index (Phi) is 5.27. The van der Waals surface area contributed by atoms with E-state index in [4.69, 9.17) is 18.6 Å². The van der Waals surface area contributed by atoms with Gasteiger partial charge in [-0.3, -0.25) is 5.32 Å². The number of hydrogen-bond donors (Lipinski definition) is 2. The number of rotatable bonds is 5. The fourth-order valence-corrected chi connectivity index (χ4v) is 3.77. The predicted molar refractivity (Wildman–Crippen MR) is 112 cm³/mol. The van der Waals surface area contributed by atoms with Crippen molar-refractivity contribution < 1.29 is 23.4 Å². The summed E-state index contributed by atoms with van der Waals surface area (Å²) in [5.74, 6) is 1.12.